The van der Waals surface area contributed by atoms with Crippen molar-refractivity contribution >= 4 is 5.91 Å². The maximum atomic E-state index is 12.3. The van der Waals surface area contributed by atoms with Crippen LogP contribution in [0.5, 0.6) is 5.75 Å². The van der Waals surface area contributed by atoms with Crippen LogP contribution in [0.4, 0.5) is 0 Å². The Bertz CT molecular complexity index is 677. The predicted octanol–water partition coefficient (Wildman–Crippen LogP) is 3.79. The molecule has 0 saturated carbocycles. The first-order chi connectivity index (χ1) is 11.2. The van der Waals surface area contributed by atoms with Crippen LogP contribution in [0.25, 0.3) is 0 Å². The summed E-state index contributed by atoms with van der Waals surface area (Å²) < 4.78 is 10.8. The molecule has 130 valence electrons. The molecule has 1 aromatic heterocycles. The second-order valence-corrected chi connectivity index (χ2v) is 7.16. The maximum Gasteiger partial charge on any atom is 0.257 e. The lowest BCUT2D eigenvalue weighted by atomic mass is 9.87. The quantitative estimate of drug-likeness (QED) is 0.906. The Balaban J connectivity index is 1.89. The first-order valence-corrected chi connectivity index (χ1v) is 8.15. The number of aryl methyl sites for hydroxylation is 2. The smallest absolute Gasteiger partial charge is 0.257 e. The van der Waals surface area contributed by atoms with Crippen LogP contribution in [0.15, 0.2) is 28.8 Å². The third kappa shape index (κ3) is 4.37. The molecular weight excluding hydrogens is 304 g/mol. The molecule has 1 atom stereocenters. The van der Waals surface area contributed by atoms with E-state index in [1.807, 2.05) is 19.1 Å². The summed E-state index contributed by atoms with van der Waals surface area (Å²) in [5.74, 6) is 1.13. The van der Waals surface area contributed by atoms with Crippen LogP contribution < -0.4 is 10.1 Å². The molecule has 0 aliphatic rings. The van der Waals surface area contributed by atoms with Crippen molar-refractivity contribution in [3.63, 3.8) is 0 Å². The van der Waals surface area contributed by atoms with Gasteiger partial charge in [0, 0.05) is 0 Å². The van der Waals surface area contributed by atoms with Gasteiger partial charge in [0.05, 0.1) is 11.7 Å². The fourth-order valence-electron chi connectivity index (χ4n) is 2.42. The molecule has 1 N–H and O–H groups in total. The normalized spacial score (nSPS) is 12.8. The number of nitrogens with one attached hydrogen (secondary N) is 1. The highest BCUT2D eigenvalue weighted by Crippen LogP contribution is 2.24. The van der Waals surface area contributed by atoms with Gasteiger partial charge in [0.15, 0.2) is 0 Å². The summed E-state index contributed by atoms with van der Waals surface area (Å²) in [5, 5.41) is 6.70. The molecule has 1 unspecified atom stereocenters. The SMILES string of the molecule is Cc1noc(C)c1C(=O)NC(C)COc1ccc(C(C)(C)C)cc1. The summed E-state index contributed by atoms with van der Waals surface area (Å²) in [6.07, 6.45) is 0. The second-order valence-electron chi connectivity index (χ2n) is 7.16. The van der Waals surface area contributed by atoms with Crippen molar-refractivity contribution in [3.05, 3.63) is 46.8 Å². The van der Waals surface area contributed by atoms with Gasteiger partial charge in [-0.05, 0) is 43.9 Å². The minimum Gasteiger partial charge on any atom is -0.491 e. The molecule has 1 amide bonds. The highest BCUT2D eigenvalue weighted by molar-refractivity contribution is 5.96. The lowest BCUT2D eigenvalue weighted by Gasteiger charge is -2.20. The van der Waals surface area contributed by atoms with E-state index in [4.69, 9.17) is 9.26 Å². The molecule has 5 heteroatoms. The molecule has 1 heterocycles. The lowest BCUT2D eigenvalue weighted by molar-refractivity contribution is 0.0924. The second kappa shape index (κ2) is 7.07. The highest BCUT2D eigenvalue weighted by Gasteiger charge is 2.19. The third-order valence-electron chi connectivity index (χ3n) is 3.86. The van der Waals surface area contributed by atoms with Gasteiger partial charge in [-0.3, -0.25) is 4.79 Å². The molecule has 0 aliphatic carbocycles. The summed E-state index contributed by atoms with van der Waals surface area (Å²) in [6, 6.07) is 7.94. The van der Waals surface area contributed by atoms with Gasteiger partial charge in [0.25, 0.3) is 5.91 Å². The van der Waals surface area contributed by atoms with E-state index >= 15 is 0 Å². The number of amides is 1. The fraction of sp³-hybridized carbons (Fsp3) is 0.474. The number of rotatable bonds is 5. The van der Waals surface area contributed by atoms with E-state index in [2.05, 4.69) is 43.4 Å². The van der Waals surface area contributed by atoms with Gasteiger partial charge in [-0.2, -0.15) is 0 Å². The standard InChI is InChI=1S/C19H26N2O3/c1-12(20-18(22)17-13(2)21-24-14(17)3)11-23-16-9-7-15(8-10-16)19(4,5)6/h7-10,12H,11H2,1-6H3,(H,20,22). The van der Waals surface area contributed by atoms with Crippen molar-refractivity contribution in [2.45, 2.75) is 53.0 Å². The first-order valence-electron chi connectivity index (χ1n) is 8.15. The van der Waals surface area contributed by atoms with Gasteiger partial charge in [0.2, 0.25) is 0 Å². The number of aromatic nitrogens is 1. The number of hydrogen-bond donors (Lipinski definition) is 1. The van der Waals surface area contributed by atoms with E-state index in [1.54, 1.807) is 13.8 Å². The monoisotopic (exact) mass is 330 g/mol. The zero-order chi connectivity index (χ0) is 17.9. The average Bonchev–Trinajstić information content (AvgIpc) is 2.83. The van der Waals surface area contributed by atoms with Gasteiger partial charge >= 0.3 is 0 Å². The van der Waals surface area contributed by atoms with E-state index < -0.39 is 0 Å². The Morgan fingerprint density at radius 1 is 1.25 bits per heavy atom. The molecule has 2 aromatic rings. The highest BCUT2D eigenvalue weighted by atomic mass is 16.5. The van der Waals surface area contributed by atoms with Crippen LogP contribution in [0.2, 0.25) is 0 Å². The van der Waals surface area contributed by atoms with E-state index in [0.717, 1.165) is 5.75 Å². The van der Waals surface area contributed by atoms with E-state index in [0.29, 0.717) is 23.6 Å². The van der Waals surface area contributed by atoms with Crippen LogP contribution in [-0.4, -0.2) is 23.7 Å². The van der Waals surface area contributed by atoms with E-state index in [9.17, 15) is 4.79 Å². The molecule has 2 rings (SSSR count). The van der Waals surface area contributed by atoms with Crippen molar-refractivity contribution in [2.24, 2.45) is 0 Å². The van der Waals surface area contributed by atoms with Gasteiger partial charge in [-0.1, -0.05) is 38.1 Å². The number of nitrogens with zero attached hydrogens (tertiary/aromatic N) is 1. The number of benzene rings is 1. The first kappa shape index (κ1) is 18.0. The molecule has 0 saturated heterocycles. The fourth-order valence-corrected chi connectivity index (χ4v) is 2.42. The molecule has 0 radical (unpaired) electrons. The van der Waals surface area contributed by atoms with Crippen LogP contribution in [0, 0.1) is 13.8 Å². The molecule has 0 aliphatic heterocycles. The van der Waals surface area contributed by atoms with Crippen molar-refractivity contribution in [1.82, 2.24) is 10.5 Å². The number of hydrogen-bond acceptors (Lipinski definition) is 4. The Morgan fingerprint density at radius 3 is 2.38 bits per heavy atom. The zero-order valence-corrected chi connectivity index (χ0v) is 15.3. The summed E-state index contributed by atoms with van der Waals surface area (Å²) in [5.41, 5.74) is 2.47. The molecule has 0 fully saturated rings. The van der Waals surface area contributed by atoms with E-state index in [-0.39, 0.29) is 17.4 Å². The van der Waals surface area contributed by atoms with Crippen LogP contribution in [-0.2, 0) is 5.41 Å². The van der Waals surface area contributed by atoms with Crippen molar-refractivity contribution in [2.75, 3.05) is 6.61 Å². The van der Waals surface area contributed by atoms with E-state index in [1.165, 1.54) is 5.56 Å². The minimum atomic E-state index is -0.189. The molecule has 0 bridgehead atoms. The molecule has 5 nitrogen and oxygen atoms in total. The van der Waals surface area contributed by atoms with Gasteiger partial charge in [0.1, 0.15) is 23.7 Å². The van der Waals surface area contributed by atoms with Crippen molar-refractivity contribution in [3.8, 4) is 5.75 Å². The molecule has 24 heavy (non-hydrogen) atoms. The summed E-state index contributed by atoms with van der Waals surface area (Å²) in [6.45, 7) is 12.3. The Hall–Kier alpha value is -2.30. The van der Waals surface area contributed by atoms with Crippen molar-refractivity contribution < 1.29 is 14.1 Å². The summed E-state index contributed by atoms with van der Waals surface area (Å²) in [4.78, 5) is 12.3. The molecule has 0 spiro atoms. The number of ether oxygens (including phenoxy) is 1. The molecular formula is C19H26N2O3. The topological polar surface area (TPSA) is 64.4 Å². The number of carbonyl (C=O) groups excluding carboxylic acids is 1. The largest absolute Gasteiger partial charge is 0.491 e. The van der Waals surface area contributed by atoms with Gasteiger partial charge < -0.3 is 14.6 Å². The average molecular weight is 330 g/mol. The summed E-state index contributed by atoms with van der Waals surface area (Å²) in [7, 11) is 0. The minimum absolute atomic E-state index is 0.119. The van der Waals surface area contributed by atoms with Crippen molar-refractivity contribution in [1.29, 1.82) is 0 Å². The van der Waals surface area contributed by atoms with Crippen LogP contribution in [0.1, 0.15) is 55.1 Å². The Kier molecular flexibility index (Phi) is 5.32. The third-order valence-corrected chi connectivity index (χ3v) is 3.86. The summed E-state index contributed by atoms with van der Waals surface area (Å²) >= 11 is 0. The zero-order valence-electron chi connectivity index (χ0n) is 15.3. The Labute approximate surface area is 143 Å². The van der Waals surface area contributed by atoms with Crippen LogP contribution >= 0.6 is 0 Å². The van der Waals surface area contributed by atoms with Crippen LogP contribution in [0.3, 0.4) is 0 Å². The number of carbonyl (C=O) groups is 1. The lowest BCUT2D eigenvalue weighted by Crippen LogP contribution is -2.37. The van der Waals surface area contributed by atoms with Gasteiger partial charge in [-0.15, -0.1) is 0 Å². The maximum absolute atomic E-state index is 12.3. The van der Waals surface area contributed by atoms with Gasteiger partial charge in [-0.25, -0.2) is 0 Å². The molecule has 1 aromatic carbocycles. The Morgan fingerprint density at radius 2 is 1.88 bits per heavy atom. The predicted molar refractivity (Wildman–Crippen MR) is 93.5 cm³/mol.